The van der Waals surface area contributed by atoms with Crippen LogP contribution in [-0.2, 0) is 0 Å². The Bertz CT molecular complexity index is 617. The van der Waals surface area contributed by atoms with E-state index in [-0.39, 0.29) is 6.04 Å². The van der Waals surface area contributed by atoms with Crippen molar-refractivity contribution >= 4 is 15.9 Å². The number of nitriles is 1. The summed E-state index contributed by atoms with van der Waals surface area (Å²) in [4.78, 5) is 0. The van der Waals surface area contributed by atoms with Gasteiger partial charge >= 0.3 is 0 Å². The van der Waals surface area contributed by atoms with Crippen molar-refractivity contribution in [3.8, 4) is 6.07 Å². The van der Waals surface area contributed by atoms with Crippen LogP contribution < -0.4 is 5.32 Å². The Morgan fingerprint density at radius 3 is 2.24 bits per heavy atom. The lowest BCUT2D eigenvalue weighted by atomic mass is 10.1. The van der Waals surface area contributed by atoms with Gasteiger partial charge in [-0.15, -0.1) is 0 Å². The second-order valence-electron chi connectivity index (χ2n) is 4.93. The fraction of sp³-hybridized carbons (Fsp3) is 0.235. The summed E-state index contributed by atoms with van der Waals surface area (Å²) in [5.41, 5.74) is 2.58. The van der Waals surface area contributed by atoms with Crippen molar-refractivity contribution in [3.63, 3.8) is 0 Å². The largest absolute Gasteiger partial charge is 0.387 e. The zero-order valence-corrected chi connectivity index (χ0v) is 13.3. The molecule has 108 valence electrons. The van der Waals surface area contributed by atoms with Crippen LogP contribution in [0.5, 0.6) is 0 Å². The van der Waals surface area contributed by atoms with Gasteiger partial charge in [-0.2, -0.15) is 5.26 Å². The van der Waals surface area contributed by atoms with E-state index in [1.807, 2.05) is 12.1 Å². The van der Waals surface area contributed by atoms with E-state index < -0.39 is 6.10 Å². The van der Waals surface area contributed by atoms with Crippen molar-refractivity contribution in [2.24, 2.45) is 0 Å². The molecule has 0 amide bonds. The third-order valence-corrected chi connectivity index (χ3v) is 3.94. The molecule has 0 aliphatic heterocycles. The summed E-state index contributed by atoms with van der Waals surface area (Å²) in [6, 6.07) is 17.4. The van der Waals surface area contributed by atoms with E-state index in [4.69, 9.17) is 5.26 Å². The first kappa shape index (κ1) is 15.7. The fourth-order valence-electron chi connectivity index (χ4n) is 2.06. The number of hydrogen-bond acceptors (Lipinski definition) is 3. The average Bonchev–Trinajstić information content (AvgIpc) is 2.53. The van der Waals surface area contributed by atoms with Gasteiger partial charge in [0.2, 0.25) is 0 Å². The van der Waals surface area contributed by atoms with Crippen LogP contribution in [-0.4, -0.2) is 11.7 Å². The normalized spacial score (nSPS) is 13.4. The number of benzene rings is 2. The number of rotatable bonds is 5. The predicted molar refractivity (Wildman–Crippen MR) is 86.7 cm³/mol. The highest BCUT2D eigenvalue weighted by Gasteiger charge is 2.10. The average molecular weight is 345 g/mol. The van der Waals surface area contributed by atoms with E-state index in [0.717, 1.165) is 10.0 Å². The second kappa shape index (κ2) is 7.37. The van der Waals surface area contributed by atoms with Gasteiger partial charge in [-0.3, -0.25) is 0 Å². The summed E-state index contributed by atoms with van der Waals surface area (Å²) in [7, 11) is 0. The number of hydrogen-bond donors (Lipinski definition) is 2. The zero-order chi connectivity index (χ0) is 15.2. The van der Waals surface area contributed by atoms with E-state index in [1.54, 1.807) is 24.3 Å². The molecule has 2 aromatic rings. The molecular weight excluding hydrogens is 328 g/mol. The predicted octanol–water partition coefficient (Wildman–Crippen LogP) is 3.70. The maximum atomic E-state index is 10.2. The molecule has 0 aromatic heterocycles. The van der Waals surface area contributed by atoms with Gasteiger partial charge in [-0.05, 0) is 42.3 Å². The third kappa shape index (κ3) is 4.40. The van der Waals surface area contributed by atoms with Crippen molar-refractivity contribution in [1.82, 2.24) is 5.32 Å². The van der Waals surface area contributed by atoms with Crippen LogP contribution in [0.4, 0.5) is 0 Å². The van der Waals surface area contributed by atoms with Gasteiger partial charge in [-0.1, -0.05) is 40.2 Å². The van der Waals surface area contributed by atoms with Crippen LogP contribution in [0.2, 0.25) is 0 Å². The van der Waals surface area contributed by atoms with E-state index >= 15 is 0 Å². The molecule has 2 atom stereocenters. The summed E-state index contributed by atoms with van der Waals surface area (Å²) < 4.78 is 1.05. The van der Waals surface area contributed by atoms with Gasteiger partial charge in [0, 0.05) is 17.1 Å². The molecular formula is C17H17BrN2O. The monoisotopic (exact) mass is 344 g/mol. The van der Waals surface area contributed by atoms with Crippen LogP contribution in [0, 0.1) is 11.3 Å². The first-order chi connectivity index (χ1) is 10.1. The van der Waals surface area contributed by atoms with Gasteiger partial charge in [0.1, 0.15) is 0 Å². The molecule has 2 rings (SSSR count). The molecule has 0 spiro atoms. The molecule has 4 heteroatoms. The minimum atomic E-state index is -0.587. The standard InChI is InChI=1S/C17H17BrN2O/c1-12(14-6-8-16(18)9-7-14)20-11-17(21)15-4-2-13(10-19)3-5-15/h2-9,12,17,20-21H,11H2,1H3/t12-,17?/m0/s1. The molecule has 0 heterocycles. The molecule has 2 aromatic carbocycles. The van der Waals surface area contributed by atoms with E-state index in [2.05, 4.69) is 46.4 Å². The minimum Gasteiger partial charge on any atom is -0.387 e. The van der Waals surface area contributed by atoms with Crippen LogP contribution in [0.1, 0.15) is 35.8 Å². The summed E-state index contributed by atoms with van der Waals surface area (Å²) in [5, 5.41) is 22.2. The lowest BCUT2D eigenvalue weighted by Gasteiger charge is -2.18. The molecule has 0 saturated carbocycles. The van der Waals surface area contributed by atoms with Crippen molar-refractivity contribution in [3.05, 3.63) is 69.7 Å². The zero-order valence-electron chi connectivity index (χ0n) is 11.8. The highest BCUT2D eigenvalue weighted by molar-refractivity contribution is 9.10. The maximum absolute atomic E-state index is 10.2. The van der Waals surface area contributed by atoms with E-state index in [0.29, 0.717) is 12.1 Å². The number of nitrogens with one attached hydrogen (secondary N) is 1. The first-order valence-corrected chi connectivity index (χ1v) is 7.56. The Morgan fingerprint density at radius 2 is 1.67 bits per heavy atom. The summed E-state index contributed by atoms with van der Waals surface area (Å²) >= 11 is 3.42. The topological polar surface area (TPSA) is 56.0 Å². The lowest BCUT2D eigenvalue weighted by molar-refractivity contribution is 0.171. The Morgan fingerprint density at radius 1 is 1.10 bits per heavy atom. The van der Waals surface area contributed by atoms with Crippen molar-refractivity contribution in [2.45, 2.75) is 19.1 Å². The quantitative estimate of drug-likeness (QED) is 0.869. The van der Waals surface area contributed by atoms with E-state index in [9.17, 15) is 5.11 Å². The van der Waals surface area contributed by atoms with Crippen LogP contribution >= 0.6 is 15.9 Å². The Labute approximate surface area is 133 Å². The SMILES string of the molecule is C[C@H](NCC(O)c1ccc(C#N)cc1)c1ccc(Br)cc1. The van der Waals surface area contributed by atoms with Crippen molar-refractivity contribution < 1.29 is 5.11 Å². The first-order valence-electron chi connectivity index (χ1n) is 6.77. The fourth-order valence-corrected chi connectivity index (χ4v) is 2.32. The van der Waals surface area contributed by atoms with Crippen LogP contribution in [0.25, 0.3) is 0 Å². The van der Waals surface area contributed by atoms with E-state index in [1.165, 1.54) is 5.56 Å². The highest BCUT2D eigenvalue weighted by Crippen LogP contribution is 2.18. The molecule has 0 radical (unpaired) electrons. The smallest absolute Gasteiger partial charge is 0.0991 e. The Kier molecular flexibility index (Phi) is 5.51. The number of nitrogens with zero attached hydrogens (tertiary/aromatic N) is 1. The van der Waals surface area contributed by atoms with Gasteiger partial charge in [0.15, 0.2) is 0 Å². The molecule has 3 nitrogen and oxygen atoms in total. The third-order valence-electron chi connectivity index (χ3n) is 3.41. The summed E-state index contributed by atoms with van der Waals surface area (Å²) in [6.45, 7) is 2.53. The molecule has 0 aliphatic rings. The van der Waals surface area contributed by atoms with Crippen LogP contribution in [0.3, 0.4) is 0 Å². The Balaban J connectivity index is 1.92. The minimum absolute atomic E-state index is 0.158. The molecule has 0 aliphatic carbocycles. The second-order valence-corrected chi connectivity index (χ2v) is 5.85. The van der Waals surface area contributed by atoms with Gasteiger partial charge in [0.25, 0.3) is 0 Å². The molecule has 21 heavy (non-hydrogen) atoms. The Hall–Kier alpha value is -1.67. The number of aliphatic hydroxyl groups excluding tert-OH is 1. The molecule has 2 N–H and O–H groups in total. The van der Waals surface area contributed by atoms with Crippen molar-refractivity contribution in [2.75, 3.05) is 6.54 Å². The van der Waals surface area contributed by atoms with Gasteiger partial charge < -0.3 is 10.4 Å². The van der Waals surface area contributed by atoms with Gasteiger partial charge in [0.05, 0.1) is 17.7 Å². The highest BCUT2D eigenvalue weighted by atomic mass is 79.9. The van der Waals surface area contributed by atoms with Crippen molar-refractivity contribution in [1.29, 1.82) is 5.26 Å². The summed E-state index contributed by atoms with van der Waals surface area (Å²) in [5.74, 6) is 0. The number of halogens is 1. The molecule has 0 saturated heterocycles. The van der Waals surface area contributed by atoms with Gasteiger partial charge in [-0.25, -0.2) is 0 Å². The van der Waals surface area contributed by atoms with Crippen LogP contribution in [0.15, 0.2) is 53.0 Å². The molecule has 0 bridgehead atoms. The molecule has 0 fully saturated rings. The maximum Gasteiger partial charge on any atom is 0.0991 e. The lowest BCUT2D eigenvalue weighted by Crippen LogP contribution is -2.24. The summed E-state index contributed by atoms with van der Waals surface area (Å²) in [6.07, 6.45) is -0.587. The number of aliphatic hydroxyl groups is 1. The molecule has 1 unspecified atom stereocenters.